The highest BCUT2D eigenvalue weighted by molar-refractivity contribution is 4.99. The van der Waals surface area contributed by atoms with Gasteiger partial charge in [-0.15, -0.1) is 0 Å². The Balaban J connectivity index is 1.67. The van der Waals surface area contributed by atoms with Crippen molar-refractivity contribution in [2.75, 3.05) is 20.1 Å². The van der Waals surface area contributed by atoms with Gasteiger partial charge in [-0.1, -0.05) is 0 Å². The van der Waals surface area contributed by atoms with Crippen molar-refractivity contribution >= 4 is 0 Å². The molecule has 0 aliphatic heterocycles. The maximum absolute atomic E-state index is 4.16. The summed E-state index contributed by atoms with van der Waals surface area (Å²) in [5.41, 5.74) is 1.27. The summed E-state index contributed by atoms with van der Waals surface area (Å²) in [4.78, 5) is 2.33. The Bertz CT molecular complexity index is 303. The first-order chi connectivity index (χ1) is 7.25. The molecule has 1 aromatic rings. The quantitative estimate of drug-likeness (QED) is 0.743. The van der Waals surface area contributed by atoms with E-state index >= 15 is 0 Å². The zero-order chi connectivity index (χ0) is 10.7. The maximum atomic E-state index is 4.16. The molecule has 1 aliphatic carbocycles. The number of hydrogen-bond acceptors (Lipinski definition) is 3. The van der Waals surface area contributed by atoms with Crippen LogP contribution in [0.4, 0.5) is 0 Å². The second-order valence-electron chi connectivity index (χ2n) is 4.41. The first-order valence-corrected chi connectivity index (χ1v) is 5.64. The molecule has 0 bridgehead atoms. The Kier molecular flexibility index (Phi) is 3.38. The highest BCUT2D eigenvalue weighted by Gasteiger charge is 2.19. The van der Waals surface area contributed by atoms with Gasteiger partial charge in [0.1, 0.15) is 0 Å². The van der Waals surface area contributed by atoms with E-state index in [1.165, 1.54) is 18.5 Å². The van der Waals surface area contributed by atoms with Crippen LogP contribution in [0.2, 0.25) is 0 Å². The minimum Gasteiger partial charge on any atom is -0.313 e. The maximum Gasteiger partial charge on any atom is 0.0520 e. The van der Waals surface area contributed by atoms with E-state index in [4.69, 9.17) is 0 Å². The number of rotatable bonds is 6. The topological polar surface area (TPSA) is 33.1 Å². The first-order valence-electron chi connectivity index (χ1n) is 5.64. The molecule has 0 radical (unpaired) electrons. The van der Waals surface area contributed by atoms with Crippen molar-refractivity contribution in [3.05, 3.63) is 18.0 Å². The molecular weight excluding hydrogens is 188 g/mol. The van der Waals surface area contributed by atoms with Gasteiger partial charge in [0.05, 0.1) is 5.69 Å². The second kappa shape index (κ2) is 4.77. The lowest BCUT2D eigenvalue weighted by Gasteiger charge is -2.16. The van der Waals surface area contributed by atoms with Crippen molar-refractivity contribution in [3.63, 3.8) is 0 Å². The van der Waals surface area contributed by atoms with E-state index in [1.54, 1.807) is 0 Å². The summed E-state index contributed by atoms with van der Waals surface area (Å²) >= 11 is 0. The van der Waals surface area contributed by atoms with Crippen LogP contribution in [-0.4, -0.2) is 40.9 Å². The predicted octanol–water partition coefficient (Wildman–Crippen LogP) is 0.604. The Labute approximate surface area is 91.3 Å². The van der Waals surface area contributed by atoms with Gasteiger partial charge in [-0.3, -0.25) is 9.58 Å². The van der Waals surface area contributed by atoms with Crippen LogP contribution in [-0.2, 0) is 13.6 Å². The SMILES string of the molecule is CN(CCNC1CC1)Cc1ccnn1C. The minimum atomic E-state index is 0.815. The molecule has 0 atom stereocenters. The Hall–Kier alpha value is -0.870. The molecule has 1 heterocycles. The zero-order valence-corrected chi connectivity index (χ0v) is 9.61. The molecular formula is C11H20N4. The minimum absolute atomic E-state index is 0.815. The Morgan fingerprint density at radius 2 is 2.40 bits per heavy atom. The summed E-state index contributed by atoms with van der Waals surface area (Å²) in [5.74, 6) is 0. The van der Waals surface area contributed by atoms with Gasteiger partial charge in [-0.25, -0.2) is 0 Å². The van der Waals surface area contributed by atoms with Crippen LogP contribution >= 0.6 is 0 Å². The zero-order valence-electron chi connectivity index (χ0n) is 9.61. The molecule has 1 fully saturated rings. The van der Waals surface area contributed by atoms with Crippen LogP contribution in [0.25, 0.3) is 0 Å². The van der Waals surface area contributed by atoms with E-state index < -0.39 is 0 Å². The molecule has 84 valence electrons. The number of aromatic nitrogens is 2. The average molecular weight is 208 g/mol. The molecule has 15 heavy (non-hydrogen) atoms. The van der Waals surface area contributed by atoms with E-state index in [9.17, 15) is 0 Å². The van der Waals surface area contributed by atoms with Gasteiger partial charge in [0.15, 0.2) is 0 Å². The van der Waals surface area contributed by atoms with Crippen molar-refractivity contribution in [1.82, 2.24) is 20.0 Å². The highest BCUT2D eigenvalue weighted by Crippen LogP contribution is 2.17. The number of aryl methyl sites for hydroxylation is 1. The third kappa shape index (κ3) is 3.32. The summed E-state index contributed by atoms with van der Waals surface area (Å²) < 4.78 is 1.94. The van der Waals surface area contributed by atoms with Gasteiger partial charge in [-0.2, -0.15) is 5.10 Å². The third-order valence-electron chi connectivity index (χ3n) is 2.86. The Morgan fingerprint density at radius 1 is 1.60 bits per heavy atom. The lowest BCUT2D eigenvalue weighted by Crippen LogP contribution is -2.30. The molecule has 0 saturated heterocycles. The van der Waals surface area contributed by atoms with Gasteiger partial charge >= 0.3 is 0 Å². The fourth-order valence-corrected chi connectivity index (χ4v) is 1.66. The lowest BCUT2D eigenvalue weighted by molar-refractivity contribution is 0.315. The smallest absolute Gasteiger partial charge is 0.0520 e. The fraction of sp³-hybridized carbons (Fsp3) is 0.727. The first kappa shape index (κ1) is 10.6. The molecule has 1 aromatic heterocycles. The summed E-state index contributed by atoms with van der Waals surface area (Å²) in [6, 6.07) is 2.89. The molecule has 1 N–H and O–H groups in total. The van der Waals surface area contributed by atoms with Crippen molar-refractivity contribution in [2.45, 2.75) is 25.4 Å². The molecule has 0 spiro atoms. The van der Waals surface area contributed by atoms with Crippen LogP contribution in [0.5, 0.6) is 0 Å². The number of nitrogens with zero attached hydrogens (tertiary/aromatic N) is 3. The van der Waals surface area contributed by atoms with Crippen LogP contribution in [0.15, 0.2) is 12.3 Å². The number of hydrogen-bond donors (Lipinski definition) is 1. The number of nitrogens with one attached hydrogen (secondary N) is 1. The largest absolute Gasteiger partial charge is 0.313 e. The molecule has 1 saturated carbocycles. The summed E-state index contributed by atoms with van der Waals surface area (Å²) in [6.07, 6.45) is 4.59. The number of likely N-dealkylation sites (N-methyl/N-ethyl adjacent to an activating group) is 1. The summed E-state index contributed by atoms with van der Waals surface area (Å²) in [7, 11) is 4.15. The van der Waals surface area contributed by atoms with Crippen LogP contribution in [0.1, 0.15) is 18.5 Å². The normalized spacial score (nSPS) is 16.2. The molecule has 0 unspecified atom stereocenters. The monoisotopic (exact) mass is 208 g/mol. The third-order valence-corrected chi connectivity index (χ3v) is 2.86. The predicted molar refractivity (Wildman–Crippen MR) is 60.6 cm³/mol. The van der Waals surface area contributed by atoms with Crippen LogP contribution < -0.4 is 5.32 Å². The van der Waals surface area contributed by atoms with Crippen molar-refractivity contribution in [1.29, 1.82) is 0 Å². The highest BCUT2D eigenvalue weighted by atomic mass is 15.3. The van der Waals surface area contributed by atoms with E-state index in [0.717, 1.165) is 25.7 Å². The van der Waals surface area contributed by atoms with Crippen molar-refractivity contribution < 1.29 is 0 Å². The molecule has 0 amide bonds. The summed E-state index contributed by atoms with van der Waals surface area (Å²) in [6.45, 7) is 3.17. The van der Waals surface area contributed by atoms with Crippen LogP contribution in [0.3, 0.4) is 0 Å². The van der Waals surface area contributed by atoms with E-state index in [2.05, 4.69) is 28.4 Å². The van der Waals surface area contributed by atoms with Gasteiger partial charge in [0, 0.05) is 38.9 Å². The van der Waals surface area contributed by atoms with Crippen molar-refractivity contribution in [2.24, 2.45) is 7.05 Å². The molecule has 4 heteroatoms. The fourth-order valence-electron chi connectivity index (χ4n) is 1.66. The molecule has 2 rings (SSSR count). The molecule has 4 nitrogen and oxygen atoms in total. The van der Waals surface area contributed by atoms with Crippen LogP contribution in [0, 0.1) is 0 Å². The van der Waals surface area contributed by atoms with E-state index in [-0.39, 0.29) is 0 Å². The van der Waals surface area contributed by atoms with E-state index in [0.29, 0.717) is 0 Å². The van der Waals surface area contributed by atoms with Gasteiger partial charge in [-0.05, 0) is 26.0 Å². The lowest BCUT2D eigenvalue weighted by atomic mass is 10.4. The molecule has 0 aromatic carbocycles. The van der Waals surface area contributed by atoms with Gasteiger partial charge < -0.3 is 5.32 Å². The van der Waals surface area contributed by atoms with E-state index in [1.807, 2.05) is 17.9 Å². The van der Waals surface area contributed by atoms with Crippen molar-refractivity contribution in [3.8, 4) is 0 Å². The van der Waals surface area contributed by atoms with Gasteiger partial charge in [0.2, 0.25) is 0 Å². The average Bonchev–Trinajstić information content (AvgIpc) is 2.93. The second-order valence-corrected chi connectivity index (χ2v) is 4.41. The standard InChI is InChI=1S/C11H20N4/c1-14(8-7-12-10-3-4-10)9-11-5-6-13-15(11)2/h5-6,10,12H,3-4,7-9H2,1-2H3. The Morgan fingerprint density at radius 3 is 3.00 bits per heavy atom. The summed E-state index contributed by atoms with van der Waals surface area (Å²) in [5, 5.41) is 7.68. The van der Waals surface area contributed by atoms with Gasteiger partial charge in [0.25, 0.3) is 0 Å². The molecule has 1 aliphatic rings.